The molecular weight excluding hydrogens is 258 g/mol. The molecule has 0 rings (SSSR count). The number of Topliss-reactive ketones (excluding diaryl/α,β-unsaturated/α-hetero) is 1. The quantitative estimate of drug-likeness (QED) is 0.485. The number of carbonyl (C=O) groups is 2. The smallest absolute Gasteiger partial charge is 0.214 e. The maximum absolute atomic E-state index is 11.9. The topological polar surface area (TPSA) is 71.5 Å². The van der Waals surface area contributed by atoms with Gasteiger partial charge in [-0.2, -0.15) is 4.31 Å². The van der Waals surface area contributed by atoms with Crippen LogP contribution in [0.2, 0.25) is 25.7 Å². The van der Waals surface area contributed by atoms with Crippen LogP contribution < -0.4 is 0 Å². The average molecular weight is 279 g/mol. The zero-order valence-electron chi connectivity index (χ0n) is 10.9. The lowest BCUT2D eigenvalue weighted by Crippen LogP contribution is -2.39. The third kappa shape index (κ3) is 7.40. The molecule has 0 saturated carbocycles. The van der Waals surface area contributed by atoms with Gasteiger partial charge in [0.2, 0.25) is 10.0 Å². The van der Waals surface area contributed by atoms with Gasteiger partial charge < -0.3 is 4.79 Å². The molecule has 0 N–H and O–H groups in total. The summed E-state index contributed by atoms with van der Waals surface area (Å²) < 4.78 is 24.8. The van der Waals surface area contributed by atoms with E-state index in [2.05, 4.69) is 19.6 Å². The Labute approximate surface area is 104 Å². The van der Waals surface area contributed by atoms with Crippen molar-refractivity contribution in [3.05, 3.63) is 0 Å². The molecule has 0 spiro atoms. The number of rotatable bonds is 8. The number of aldehydes is 1. The molecule has 0 aromatic heterocycles. The lowest BCUT2D eigenvalue weighted by atomic mass is 10.4. The summed E-state index contributed by atoms with van der Waals surface area (Å²) in [5, 5.41) is 0. The molecule has 0 saturated heterocycles. The number of hydrogen-bond acceptors (Lipinski definition) is 4. The minimum absolute atomic E-state index is 0.0177. The van der Waals surface area contributed by atoms with Crippen molar-refractivity contribution in [1.82, 2.24) is 4.31 Å². The Morgan fingerprint density at radius 1 is 1.29 bits per heavy atom. The predicted molar refractivity (Wildman–Crippen MR) is 70.3 cm³/mol. The Morgan fingerprint density at radius 3 is 2.18 bits per heavy atom. The van der Waals surface area contributed by atoms with Gasteiger partial charge in [0, 0.05) is 8.07 Å². The molecule has 0 bridgehead atoms. The molecular formula is C10H21NO4SSi. The van der Waals surface area contributed by atoms with E-state index in [-0.39, 0.29) is 24.6 Å². The highest BCUT2D eigenvalue weighted by Crippen LogP contribution is 2.12. The van der Waals surface area contributed by atoms with Crippen LogP contribution in [0.25, 0.3) is 0 Å². The predicted octanol–water partition coefficient (Wildman–Crippen LogP) is 0.744. The van der Waals surface area contributed by atoms with Crippen LogP contribution in [-0.4, -0.2) is 51.7 Å². The Bertz CT molecular complexity index is 372. The third-order valence-electron chi connectivity index (χ3n) is 2.18. The molecule has 0 fully saturated rings. The van der Waals surface area contributed by atoms with E-state index in [1.54, 1.807) is 0 Å². The highest BCUT2D eigenvalue weighted by Gasteiger charge is 2.25. The van der Waals surface area contributed by atoms with Crippen molar-refractivity contribution in [3.63, 3.8) is 0 Å². The second kappa shape index (κ2) is 6.41. The molecule has 0 amide bonds. The minimum atomic E-state index is -3.50. The number of sulfonamides is 1. The Balaban J connectivity index is 4.71. The minimum Gasteiger partial charge on any atom is -0.302 e. The van der Waals surface area contributed by atoms with E-state index in [1.165, 1.54) is 6.92 Å². The molecule has 0 atom stereocenters. The van der Waals surface area contributed by atoms with Gasteiger partial charge in [-0.25, -0.2) is 8.42 Å². The summed E-state index contributed by atoms with van der Waals surface area (Å²) in [6.07, 6.45) is 0.509. The summed E-state index contributed by atoms with van der Waals surface area (Å²) in [7, 11) is -4.95. The molecule has 0 unspecified atom stereocenters. The Hall–Kier alpha value is -0.533. The van der Waals surface area contributed by atoms with Crippen molar-refractivity contribution in [1.29, 1.82) is 0 Å². The van der Waals surface area contributed by atoms with Gasteiger partial charge in [0.25, 0.3) is 0 Å². The van der Waals surface area contributed by atoms with Crippen LogP contribution in [0.15, 0.2) is 0 Å². The normalized spacial score (nSPS) is 12.8. The fourth-order valence-corrected chi connectivity index (χ4v) is 5.58. The van der Waals surface area contributed by atoms with Crippen molar-refractivity contribution in [2.24, 2.45) is 0 Å². The Kier molecular flexibility index (Phi) is 6.21. The van der Waals surface area contributed by atoms with Gasteiger partial charge in [0.15, 0.2) is 0 Å². The highest BCUT2D eigenvalue weighted by atomic mass is 32.2. The van der Waals surface area contributed by atoms with Crippen LogP contribution in [0, 0.1) is 0 Å². The molecule has 0 aromatic rings. The summed E-state index contributed by atoms with van der Waals surface area (Å²) in [5.41, 5.74) is 0. The molecule has 0 aliphatic rings. The first-order valence-corrected chi connectivity index (χ1v) is 10.8. The maximum Gasteiger partial charge on any atom is 0.214 e. The highest BCUT2D eigenvalue weighted by molar-refractivity contribution is 7.89. The van der Waals surface area contributed by atoms with Crippen molar-refractivity contribution >= 4 is 30.2 Å². The van der Waals surface area contributed by atoms with Crippen LogP contribution in [0.1, 0.15) is 6.92 Å². The summed E-state index contributed by atoms with van der Waals surface area (Å²) in [4.78, 5) is 21.4. The molecule has 0 aromatic carbocycles. The van der Waals surface area contributed by atoms with E-state index in [1.807, 2.05) is 0 Å². The zero-order valence-corrected chi connectivity index (χ0v) is 12.7. The molecule has 7 heteroatoms. The largest absolute Gasteiger partial charge is 0.302 e. The molecule has 5 nitrogen and oxygen atoms in total. The van der Waals surface area contributed by atoms with Crippen LogP contribution in [0.3, 0.4) is 0 Å². The van der Waals surface area contributed by atoms with E-state index in [0.717, 1.165) is 4.31 Å². The second-order valence-corrected chi connectivity index (χ2v) is 13.0. The average Bonchev–Trinajstić information content (AvgIpc) is 2.13. The van der Waals surface area contributed by atoms with Gasteiger partial charge in [-0.1, -0.05) is 19.6 Å². The molecule has 100 valence electrons. The number of ketones is 1. The molecule has 0 radical (unpaired) electrons. The molecule has 17 heavy (non-hydrogen) atoms. The SMILES string of the molecule is CC(=O)CN(CC=O)S(=O)(=O)CC[Si](C)(C)C. The standard InChI is InChI=1S/C10H21NO4SSi/c1-10(13)9-11(5-6-12)16(14,15)7-8-17(2,3)4/h6H,5,7-9H2,1-4H3. The molecule has 0 heterocycles. The van der Waals surface area contributed by atoms with E-state index in [0.29, 0.717) is 12.3 Å². The molecule has 0 aliphatic heterocycles. The van der Waals surface area contributed by atoms with Gasteiger partial charge in [0.1, 0.15) is 12.1 Å². The van der Waals surface area contributed by atoms with Crippen LogP contribution in [0.4, 0.5) is 0 Å². The van der Waals surface area contributed by atoms with Crippen molar-refractivity contribution < 1.29 is 18.0 Å². The van der Waals surface area contributed by atoms with Gasteiger partial charge in [-0.05, 0) is 13.0 Å². The maximum atomic E-state index is 11.9. The first-order chi connectivity index (χ1) is 7.58. The second-order valence-electron chi connectivity index (χ2n) is 5.29. The van der Waals surface area contributed by atoms with Crippen molar-refractivity contribution in [2.75, 3.05) is 18.8 Å². The summed E-state index contributed by atoms with van der Waals surface area (Å²) in [5.74, 6) is -0.243. The van der Waals surface area contributed by atoms with Crippen LogP contribution in [0.5, 0.6) is 0 Å². The summed E-state index contributed by atoms with van der Waals surface area (Å²) in [6, 6.07) is 0.628. The fraction of sp³-hybridized carbons (Fsp3) is 0.800. The number of carbonyl (C=O) groups excluding carboxylic acids is 2. The lowest BCUT2D eigenvalue weighted by Gasteiger charge is -2.21. The first-order valence-electron chi connectivity index (χ1n) is 5.49. The van der Waals surface area contributed by atoms with Crippen molar-refractivity contribution in [3.8, 4) is 0 Å². The number of nitrogens with zero attached hydrogens (tertiary/aromatic N) is 1. The van der Waals surface area contributed by atoms with E-state index < -0.39 is 18.1 Å². The third-order valence-corrected chi connectivity index (χ3v) is 6.08. The van der Waals surface area contributed by atoms with Gasteiger partial charge in [0.05, 0.1) is 18.8 Å². The van der Waals surface area contributed by atoms with Crippen LogP contribution >= 0.6 is 0 Å². The van der Waals surface area contributed by atoms with Crippen molar-refractivity contribution in [2.45, 2.75) is 32.6 Å². The monoisotopic (exact) mass is 279 g/mol. The van der Waals surface area contributed by atoms with Gasteiger partial charge in [-0.15, -0.1) is 0 Å². The summed E-state index contributed by atoms with van der Waals surface area (Å²) >= 11 is 0. The van der Waals surface area contributed by atoms with Crippen LogP contribution in [-0.2, 0) is 19.6 Å². The van der Waals surface area contributed by atoms with Gasteiger partial charge in [-0.3, -0.25) is 4.79 Å². The molecule has 0 aliphatic carbocycles. The zero-order chi connectivity index (χ0) is 13.7. The summed E-state index contributed by atoms with van der Waals surface area (Å²) in [6.45, 7) is 7.10. The number of hydrogen-bond donors (Lipinski definition) is 0. The first kappa shape index (κ1) is 16.5. The lowest BCUT2D eigenvalue weighted by molar-refractivity contribution is -0.117. The Morgan fingerprint density at radius 2 is 1.82 bits per heavy atom. The van der Waals surface area contributed by atoms with E-state index in [4.69, 9.17) is 0 Å². The van der Waals surface area contributed by atoms with E-state index in [9.17, 15) is 18.0 Å². The van der Waals surface area contributed by atoms with E-state index >= 15 is 0 Å². The fourth-order valence-electron chi connectivity index (χ4n) is 1.17. The van der Waals surface area contributed by atoms with Gasteiger partial charge >= 0.3 is 0 Å².